The van der Waals surface area contributed by atoms with E-state index in [0.29, 0.717) is 12.6 Å². The van der Waals surface area contributed by atoms with Crippen molar-refractivity contribution in [2.24, 2.45) is 0 Å². The molecule has 0 aliphatic heterocycles. The second-order valence-electron chi connectivity index (χ2n) is 5.40. The summed E-state index contributed by atoms with van der Waals surface area (Å²) in [5.74, 6) is -1.89. The van der Waals surface area contributed by atoms with Crippen molar-refractivity contribution in [3.8, 4) is 0 Å². The van der Waals surface area contributed by atoms with Crippen LogP contribution >= 0.6 is 0 Å². The molecule has 1 N–H and O–H groups in total. The largest absolute Gasteiger partial charge is 0.268 e. The van der Waals surface area contributed by atoms with Crippen molar-refractivity contribution >= 4 is 10.0 Å². The van der Waals surface area contributed by atoms with Crippen LogP contribution in [0.5, 0.6) is 0 Å². The normalized spacial score (nSPS) is 11.6. The molecule has 0 saturated heterocycles. The van der Waals surface area contributed by atoms with Gasteiger partial charge < -0.3 is 0 Å². The zero-order valence-electron chi connectivity index (χ0n) is 13.1. The lowest BCUT2D eigenvalue weighted by molar-refractivity contribution is 0.561. The topological polar surface area (TPSA) is 64.0 Å². The molecule has 0 amide bonds. The van der Waals surface area contributed by atoms with Crippen LogP contribution in [0.3, 0.4) is 0 Å². The van der Waals surface area contributed by atoms with Gasteiger partial charge in [0.1, 0.15) is 11.6 Å². The molecule has 0 bridgehead atoms. The number of nitrogens with one attached hydrogen (secondary N) is 1. The Morgan fingerprint density at radius 1 is 1.00 bits per heavy atom. The van der Waals surface area contributed by atoms with Crippen LogP contribution in [0.25, 0.3) is 0 Å². The average Bonchev–Trinajstić information content (AvgIpc) is 3.06. The van der Waals surface area contributed by atoms with E-state index in [1.165, 1.54) is 0 Å². The van der Waals surface area contributed by atoms with Crippen LogP contribution in [0, 0.1) is 11.6 Å². The first-order valence-corrected chi connectivity index (χ1v) is 8.92. The van der Waals surface area contributed by atoms with Gasteiger partial charge in [-0.05, 0) is 29.3 Å². The Labute approximate surface area is 144 Å². The molecule has 8 heteroatoms. The molecular formula is C17H15F2N3O2S. The third-order valence-electron chi connectivity index (χ3n) is 3.61. The number of hydrogen-bond donors (Lipinski definition) is 1. The van der Waals surface area contributed by atoms with E-state index in [4.69, 9.17) is 0 Å². The summed E-state index contributed by atoms with van der Waals surface area (Å²) in [6, 6.07) is 11.3. The maximum absolute atomic E-state index is 13.3. The standard InChI is InChI=1S/C17H15F2N3O2S/c18-15-8-16(19)10-17(9-15)25(23,24)21-11-13-4-1-2-5-14(13)12-22-7-3-6-20-22/h1-10,21H,11-12H2. The summed E-state index contributed by atoms with van der Waals surface area (Å²) >= 11 is 0. The molecular weight excluding hydrogens is 348 g/mol. The van der Waals surface area contributed by atoms with E-state index in [-0.39, 0.29) is 6.54 Å². The lowest BCUT2D eigenvalue weighted by atomic mass is 10.1. The summed E-state index contributed by atoms with van der Waals surface area (Å²) in [5.41, 5.74) is 1.64. The molecule has 0 aliphatic carbocycles. The van der Waals surface area contributed by atoms with Gasteiger partial charge in [-0.15, -0.1) is 0 Å². The van der Waals surface area contributed by atoms with Crippen molar-refractivity contribution in [3.05, 3.63) is 83.7 Å². The van der Waals surface area contributed by atoms with Gasteiger partial charge in [-0.2, -0.15) is 5.10 Å². The number of sulfonamides is 1. The second kappa shape index (κ2) is 7.12. The van der Waals surface area contributed by atoms with Crippen LogP contribution in [-0.4, -0.2) is 18.2 Å². The fourth-order valence-corrected chi connectivity index (χ4v) is 3.44. The van der Waals surface area contributed by atoms with E-state index < -0.39 is 26.6 Å². The van der Waals surface area contributed by atoms with E-state index in [1.807, 2.05) is 12.1 Å². The van der Waals surface area contributed by atoms with Crippen molar-refractivity contribution in [2.75, 3.05) is 0 Å². The van der Waals surface area contributed by atoms with Crippen molar-refractivity contribution in [1.29, 1.82) is 0 Å². The fraction of sp³-hybridized carbons (Fsp3) is 0.118. The van der Waals surface area contributed by atoms with Crippen molar-refractivity contribution in [1.82, 2.24) is 14.5 Å². The summed E-state index contributed by atoms with van der Waals surface area (Å²) in [7, 11) is -4.03. The van der Waals surface area contributed by atoms with Gasteiger partial charge in [-0.3, -0.25) is 4.68 Å². The van der Waals surface area contributed by atoms with Crippen LogP contribution in [0.1, 0.15) is 11.1 Å². The number of nitrogens with zero attached hydrogens (tertiary/aromatic N) is 2. The first kappa shape index (κ1) is 17.2. The first-order chi connectivity index (χ1) is 11.9. The van der Waals surface area contributed by atoms with E-state index in [1.54, 1.807) is 35.3 Å². The predicted molar refractivity (Wildman–Crippen MR) is 88.2 cm³/mol. The quantitative estimate of drug-likeness (QED) is 0.732. The van der Waals surface area contributed by atoms with Crippen LogP contribution in [0.15, 0.2) is 65.8 Å². The van der Waals surface area contributed by atoms with Gasteiger partial charge >= 0.3 is 0 Å². The molecule has 1 aromatic heterocycles. The minimum absolute atomic E-state index is 0.00208. The molecule has 0 spiro atoms. The summed E-state index contributed by atoms with van der Waals surface area (Å²) in [6.45, 7) is 0.484. The van der Waals surface area contributed by atoms with Gasteiger partial charge in [0.15, 0.2) is 0 Å². The highest BCUT2D eigenvalue weighted by atomic mass is 32.2. The summed E-state index contributed by atoms with van der Waals surface area (Å²) in [6.07, 6.45) is 3.46. The van der Waals surface area contributed by atoms with E-state index >= 15 is 0 Å². The number of rotatable bonds is 6. The Hall–Kier alpha value is -2.58. The molecule has 0 atom stereocenters. The molecule has 0 unspecified atom stereocenters. The Morgan fingerprint density at radius 3 is 2.32 bits per heavy atom. The fourth-order valence-electron chi connectivity index (χ4n) is 2.39. The van der Waals surface area contributed by atoms with Crippen LogP contribution < -0.4 is 4.72 Å². The molecule has 0 saturated carbocycles. The first-order valence-electron chi connectivity index (χ1n) is 7.44. The van der Waals surface area contributed by atoms with Gasteiger partial charge in [-0.1, -0.05) is 24.3 Å². The molecule has 1 heterocycles. The number of hydrogen-bond acceptors (Lipinski definition) is 3. The van der Waals surface area contributed by atoms with E-state index in [0.717, 1.165) is 23.3 Å². The zero-order chi connectivity index (χ0) is 17.9. The maximum atomic E-state index is 13.3. The molecule has 25 heavy (non-hydrogen) atoms. The second-order valence-corrected chi connectivity index (χ2v) is 7.17. The monoisotopic (exact) mass is 363 g/mol. The van der Waals surface area contributed by atoms with Crippen LogP contribution in [0.4, 0.5) is 8.78 Å². The Kier molecular flexibility index (Phi) is 4.91. The summed E-state index contributed by atoms with van der Waals surface area (Å²) in [5, 5.41) is 4.12. The molecule has 3 aromatic rings. The SMILES string of the molecule is O=S(=O)(NCc1ccccc1Cn1cccn1)c1cc(F)cc(F)c1. The van der Waals surface area contributed by atoms with Gasteiger partial charge in [0.05, 0.1) is 11.4 Å². The van der Waals surface area contributed by atoms with Gasteiger partial charge in [0.2, 0.25) is 10.0 Å². The predicted octanol–water partition coefficient (Wildman–Crippen LogP) is 2.69. The van der Waals surface area contributed by atoms with Crippen LogP contribution in [0.2, 0.25) is 0 Å². The smallest absolute Gasteiger partial charge is 0.241 e. The minimum atomic E-state index is -4.03. The zero-order valence-corrected chi connectivity index (χ0v) is 13.9. The maximum Gasteiger partial charge on any atom is 0.241 e. The molecule has 0 radical (unpaired) electrons. The summed E-state index contributed by atoms with van der Waals surface area (Å²) < 4.78 is 55.2. The number of aromatic nitrogens is 2. The lowest BCUT2D eigenvalue weighted by Crippen LogP contribution is -2.24. The molecule has 3 rings (SSSR count). The Morgan fingerprint density at radius 2 is 1.68 bits per heavy atom. The Bertz CT molecular complexity index is 953. The third-order valence-corrected chi connectivity index (χ3v) is 4.99. The van der Waals surface area contributed by atoms with Gasteiger partial charge in [0, 0.05) is 25.0 Å². The molecule has 2 aromatic carbocycles. The summed E-state index contributed by atoms with van der Waals surface area (Å²) in [4.78, 5) is -0.449. The van der Waals surface area contributed by atoms with Crippen LogP contribution in [-0.2, 0) is 23.1 Å². The minimum Gasteiger partial charge on any atom is -0.268 e. The molecule has 0 aliphatic rings. The van der Waals surface area contributed by atoms with Crippen molar-refractivity contribution in [3.63, 3.8) is 0 Å². The molecule has 130 valence electrons. The van der Waals surface area contributed by atoms with E-state index in [2.05, 4.69) is 9.82 Å². The highest BCUT2D eigenvalue weighted by molar-refractivity contribution is 7.89. The van der Waals surface area contributed by atoms with Gasteiger partial charge in [0.25, 0.3) is 0 Å². The highest BCUT2D eigenvalue weighted by Gasteiger charge is 2.17. The number of benzene rings is 2. The highest BCUT2D eigenvalue weighted by Crippen LogP contribution is 2.15. The average molecular weight is 363 g/mol. The van der Waals surface area contributed by atoms with Gasteiger partial charge in [-0.25, -0.2) is 21.9 Å². The van der Waals surface area contributed by atoms with Crippen molar-refractivity contribution in [2.45, 2.75) is 18.0 Å². The lowest BCUT2D eigenvalue weighted by Gasteiger charge is -2.11. The van der Waals surface area contributed by atoms with Crippen molar-refractivity contribution < 1.29 is 17.2 Å². The Balaban J connectivity index is 1.79. The third kappa shape index (κ3) is 4.28. The number of halogens is 2. The molecule has 5 nitrogen and oxygen atoms in total. The van der Waals surface area contributed by atoms with E-state index in [9.17, 15) is 17.2 Å². The molecule has 0 fully saturated rings.